The van der Waals surface area contributed by atoms with Crippen LogP contribution < -0.4 is 4.72 Å². The minimum absolute atomic E-state index is 0.146. The second-order valence-corrected chi connectivity index (χ2v) is 7.51. The van der Waals surface area contributed by atoms with Gasteiger partial charge in [0.25, 0.3) is 0 Å². The Morgan fingerprint density at radius 1 is 1.35 bits per heavy atom. The Bertz CT molecular complexity index is 820. The van der Waals surface area contributed by atoms with Gasteiger partial charge in [0.1, 0.15) is 11.5 Å². The average molecular weight is 340 g/mol. The third kappa shape index (κ3) is 3.39. The number of aromatic amines is 1. The lowest BCUT2D eigenvalue weighted by Gasteiger charge is -2.17. The van der Waals surface area contributed by atoms with Gasteiger partial charge in [0.05, 0.1) is 0 Å². The maximum atomic E-state index is 12.3. The monoisotopic (exact) mass is 340 g/mol. The number of carbonyl (C=O) groups excluding carboxylic acids is 1. The van der Waals surface area contributed by atoms with Crippen molar-refractivity contribution in [3.8, 4) is 11.5 Å². The molecule has 126 valence electrons. The van der Waals surface area contributed by atoms with Gasteiger partial charge in [-0.15, -0.1) is 0 Å². The number of hydrogen-bond acceptors (Lipinski definition) is 5. The van der Waals surface area contributed by atoms with E-state index in [2.05, 4.69) is 14.9 Å². The molecular weight excluding hydrogens is 320 g/mol. The van der Waals surface area contributed by atoms with Gasteiger partial charge < -0.3 is 9.32 Å². The summed E-state index contributed by atoms with van der Waals surface area (Å²) in [5.41, 5.74) is 1.18. The topological polar surface area (TPSA) is 108 Å². The van der Waals surface area contributed by atoms with Gasteiger partial charge in [-0.3, -0.25) is 14.6 Å². The molecule has 2 heterocycles. The molecule has 2 rings (SSSR count). The highest BCUT2D eigenvalue weighted by molar-refractivity contribution is 7.94. The number of amides is 1. The molecule has 0 bridgehead atoms. The summed E-state index contributed by atoms with van der Waals surface area (Å²) in [6.07, 6.45) is 0. The molecule has 0 unspecified atom stereocenters. The molecule has 0 saturated carbocycles. The Labute approximate surface area is 134 Å². The zero-order valence-corrected chi connectivity index (χ0v) is 14.5. The third-order valence-corrected chi connectivity index (χ3v) is 5.10. The lowest BCUT2D eigenvalue weighted by atomic mass is 10.2. The molecule has 1 amide bonds. The molecule has 2 N–H and O–H groups in total. The molecule has 8 nitrogen and oxygen atoms in total. The maximum absolute atomic E-state index is 12.3. The number of nitrogens with zero attached hydrogens (tertiary/aromatic N) is 2. The van der Waals surface area contributed by atoms with Crippen LogP contribution in [-0.4, -0.2) is 48.8 Å². The fourth-order valence-electron chi connectivity index (χ4n) is 2.03. The van der Waals surface area contributed by atoms with Crippen LogP contribution in [0.25, 0.3) is 11.5 Å². The van der Waals surface area contributed by atoms with Gasteiger partial charge in [-0.2, -0.15) is 5.10 Å². The van der Waals surface area contributed by atoms with Gasteiger partial charge in [0, 0.05) is 19.7 Å². The SMILES string of the molecule is Cc1ccc(-c2[nH]nc(NS(=O)(=O)[C@@H](C)C(=O)N(C)C)c2C)o1. The third-order valence-electron chi connectivity index (χ3n) is 3.49. The molecule has 0 aliphatic heterocycles. The molecule has 2 aromatic heterocycles. The van der Waals surface area contributed by atoms with Crippen LogP contribution in [0.3, 0.4) is 0 Å². The molecule has 23 heavy (non-hydrogen) atoms. The first kappa shape index (κ1) is 17.1. The van der Waals surface area contributed by atoms with Crippen molar-refractivity contribution in [1.82, 2.24) is 15.1 Å². The van der Waals surface area contributed by atoms with Gasteiger partial charge in [0.2, 0.25) is 15.9 Å². The largest absolute Gasteiger partial charge is 0.460 e. The summed E-state index contributed by atoms with van der Waals surface area (Å²) < 4.78 is 32.5. The molecule has 0 aliphatic rings. The Hall–Kier alpha value is -2.29. The quantitative estimate of drug-likeness (QED) is 0.857. The molecule has 2 aromatic rings. The van der Waals surface area contributed by atoms with Gasteiger partial charge in [-0.05, 0) is 32.9 Å². The number of aromatic nitrogens is 2. The van der Waals surface area contributed by atoms with Gasteiger partial charge in [-0.25, -0.2) is 8.42 Å². The molecule has 0 fully saturated rings. The van der Waals surface area contributed by atoms with Crippen LogP contribution in [0.2, 0.25) is 0 Å². The predicted octanol–water partition coefficient (Wildman–Crippen LogP) is 1.50. The first-order chi connectivity index (χ1) is 10.6. The van der Waals surface area contributed by atoms with Gasteiger partial charge in [0.15, 0.2) is 16.8 Å². The minimum atomic E-state index is -3.90. The van der Waals surface area contributed by atoms with E-state index in [4.69, 9.17) is 4.42 Å². The molecule has 0 saturated heterocycles. The summed E-state index contributed by atoms with van der Waals surface area (Å²) in [7, 11) is -0.887. The lowest BCUT2D eigenvalue weighted by molar-refractivity contribution is -0.127. The van der Waals surface area contributed by atoms with Crippen molar-refractivity contribution in [2.75, 3.05) is 18.8 Å². The molecule has 0 spiro atoms. The molecule has 0 aromatic carbocycles. The van der Waals surface area contributed by atoms with E-state index < -0.39 is 21.2 Å². The highest BCUT2D eigenvalue weighted by Gasteiger charge is 2.30. The van der Waals surface area contributed by atoms with E-state index in [-0.39, 0.29) is 5.82 Å². The van der Waals surface area contributed by atoms with Crippen molar-refractivity contribution < 1.29 is 17.6 Å². The fraction of sp³-hybridized carbons (Fsp3) is 0.429. The van der Waals surface area contributed by atoms with E-state index in [1.54, 1.807) is 19.1 Å². The molecule has 0 aliphatic carbocycles. The van der Waals surface area contributed by atoms with Crippen LogP contribution in [0, 0.1) is 13.8 Å². The van der Waals surface area contributed by atoms with Crippen molar-refractivity contribution in [2.24, 2.45) is 0 Å². The van der Waals surface area contributed by atoms with Crippen LogP contribution in [-0.2, 0) is 14.8 Å². The molecule has 1 atom stereocenters. The Kier molecular flexibility index (Phi) is 4.51. The van der Waals surface area contributed by atoms with Crippen molar-refractivity contribution in [3.63, 3.8) is 0 Å². The number of sulfonamides is 1. The van der Waals surface area contributed by atoms with Crippen molar-refractivity contribution in [2.45, 2.75) is 26.0 Å². The average Bonchev–Trinajstić information content (AvgIpc) is 3.04. The normalized spacial score (nSPS) is 12.9. The van der Waals surface area contributed by atoms with E-state index in [0.717, 1.165) is 5.76 Å². The van der Waals surface area contributed by atoms with Crippen molar-refractivity contribution in [3.05, 3.63) is 23.5 Å². The van der Waals surface area contributed by atoms with Gasteiger partial charge >= 0.3 is 0 Å². The first-order valence-corrected chi connectivity index (χ1v) is 8.52. The Morgan fingerprint density at radius 3 is 2.52 bits per heavy atom. The number of rotatable bonds is 5. The van der Waals surface area contributed by atoms with Crippen molar-refractivity contribution >= 4 is 21.7 Å². The minimum Gasteiger partial charge on any atom is -0.460 e. The summed E-state index contributed by atoms with van der Waals surface area (Å²) in [6, 6.07) is 3.57. The van der Waals surface area contributed by atoms with E-state index in [0.29, 0.717) is 17.0 Å². The number of hydrogen-bond donors (Lipinski definition) is 2. The van der Waals surface area contributed by atoms with Gasteiger partial charge in [-0.1, -0.05) is 0 Å². The number of aryl methyl sites for hydroxylation is 1. The fourth-order valence-corrected chi connectivity index (χ4v) is 3.15. The molecule has 0 radical (unpaired) electrons. The van der Waals surface area contributed by atoms with Crippen LogP contribution in [0.15, 0.2) is 16.5 Å². The number of anilines is 1. The Balaban J connectivity index is 2.27. The van der Waals surface area contributed by atoms with E-state index in [9.17, 15) is 13.2 Å². The standard InChI is InChI=1S/C14H20N4O4S/c1-8-6-7-11(22-8)12-9(2)13(16-15-12)17-23(20,21)10(3)14(19)18(4)5/h6-7,10H,1-5H3,(H2,15,16,17)/t10-/m0/s1. The number of furan rings is 1. The van der Waals surface area contributed by atoms with E-state index >= 15 is 0 Å². The summed E-state index contributed by atoms with van der Waals surface area (Å²) in [4.78, 5) is 13.1. The number of H-pyrrole nitrogens is 1. The lowest BCUT2D eigenvalue weighted by Crippen LogP contribution is -2.39. The van der Waals surface area contributed by atoms with Crippen LogP contribution in [0.5, 0.6) is 0 Å². The predicted molar refractivity (Wildman–Crippen MR) is 86.5 cm³/mol. The second kappa shape index (κ2) is 6.07. The zero-order valence-electron chi connectivity index (χ0n) is 13.7. The van der Waals surface area contributed by atoms with Crippen molar-refractivity contribution in [1.29, 1.82) is 0 Å². The first-order valence-electron chi connectivity index (χ1n) is 6.98. The highest BCUT2D eigenvalue weighted by Crippen LogP contribution is 2.28. The second-order valence-electron chi connectivity index (χ2n) is 5.50. The summed E-state index contributed by atoms with van der Waals surface area (Å²) in [5.74, 6) is 0.941. The van der Waals surface area contributed by atoms with Crippen LogP contribution >= 0.6 is 0 Å². The maximum Gasteiger partial charge on any atom is 0.245 e. The summed E-state index contributed by atoms with van der Waals surface area (Å²) >= 11 is 0. The highest BCUT2D eigenvalue weighted by atomic mass is 32.2. The Morgan fingerprint density at radius 2 is 2.00 bits per heavy atom. The summed E-state index contributed by atoms with van der Waals surface area (Å²) in [5, 5.41) is 5.50. The van der Waals surface area contributed by atoms with Crippen LogP contribution in [0.1, 0.15) is 18.2 Å². The van der Waals surface area contributed by atoms with Crippen LogP contribution in [0.4, 0.5) is 5.82 Å². The molecule has 9 heteroatoms. The van der Waals surface area contributed by atoms with E-state index in [1.165, 1.54) is 25.9 Å². The number of nitrogens with one attached hydrogen (secondary N) is 2. The van der Waals surface area contributed by atoms with E-state index in [1.807, 2.05) is 6.92 Å². The molecular formula is C14H20N4O4S. The zero-order chi connectivity index (χ0) is 17.4. The number of carbonyl (C=O) groups is 1. The smallest absolute Gasteiger partial charge is 0.245 e. The summed E-state index contributed by atoms with van der Waals surface area (Å²) in [6.45, 7) is 4.86.